The smallest absolute Gasteiger partial charge is 0.194 e. The molecule has 0 radical (unpaired) electrons. The van der Waals surface area contributed by atoms with Crippen LogP contribution in [0.3, 0.4) is 0 Å². The monoisotopic (exact) mass is 472 g/mol. The van der Waals surface area contributed by atoms with Crippen molar-refractivity contribution in [2.24, 2.45) is 16.8 Å². The third-order valence-electron chi connectivity index (χ3n) is 6.39. The van der Waals surface area contributed by atoms with Crippen LogP contribution in [0.25, 0.3) is 0 Å². The minimum Gasteiger partial charge on any atom is -0.374 e. The van der Waals surface area contributed by atoms with Crippen molar-refractivity contribution in [3.8, 4) is 0 Å². The van der Waals surface area contributed by atoms with Crippen molar-refractivity contribution in [1.82, 2.24) is 25.0 Å². The fourth-order valence-electron chi connectivity index (χ4n) is 5.19. The van der Waals surface area contributed by atoms with E-state index in [1.54, 1.807) is 0 Å². The lowest BCUT2D eigenvalue weighted by molar-refractivity contribution is 0.0767. The van der Waals surface area contributed by atoms with E-state index < -0.39 is 0 Å². The summed E-state index contributed by atoms with van der Waals surface area (Å²) in [5, 5.41) is 12.2. The molecule has 3 saturated heterocycles. The lowest BCUT2D eigenvalue weighted by Gasteiger charge is -2.23. The molecule has 5 heterocycles. The topological polar surface area (TPSA) is 67.6 Å². The molecule has 2 bridgehead atoms. The molecular weight excluding hydrogens is 443 g/mol. The summed E-state index contributed by atoms with van der Waals surface area (Å²) in [7, 11) is 0. The van der Waals surface area contributed by atoms with Crippen LogP contribution in [0.1, 0.15) is 44.3 Å². The number of guanidine groups is 1. The molecule has 7 nitrogen and oxygen atoms in total. The molecule has 0 saturated carbocycles. The molecule has 8 heteroatoms. The highest BCUT2D eigenvalue weighted by Gasteiger charge is 2.53. The number of hydrogen-bond acceptors (Lipinski definition) is 4. The molecular formula is C18H29IN6O. The summed E-state index contributed by atoms with van der Waals surface area (Å²) >= 11 is 0. The van der Waals surface area contributed by atoms with E-state index in [4.69, 9.17) is 9.73 Å². The van der Waals surface area contributed by atoms with Gasteiger partial charge in [-0.1, -0.05) is 0 Å². The van der Waals surface area contributed by atoms with E-state index >= 15 is 0 Å². The van der Waals surface area contributed by atoms with Gasteiger partial charge < -0.3 is 19.5 Å². The summed E-state index contributed by atoms with van der Waals surface area (Å²) in [6, 6.07) is 0. The Balaban J connectivity index is 0.00000168. The Morgan fingerprint density at radius 3 is 2.69 bits per heavy atom. The average Bonchev–Trinajstić information content (AvgIpc) is 3.39. The van der Waals surface area contributed by atoms with Crippen LogP contribution in [-0.2, 0) is 24.2 Å². The van der Waals surface area contributed by atoms with Crippen molar-refractivity contribution < 1.29 is 4.74 Å². The molecule has 0 spiro atoms. The van der Waals surface area contributed by atoms with Crippen LogP contribution in [0, 0.1) is 11.8 Å². The Hall–Kier alpha value is -0.900. The second kappa shape index (κ2) is 7.61. The molecule has 0 aliphatic carbocycles. The van der Waals surface area contributed by atoms with Crippen molar-refractivity contribution in [2.45, 2.75) is 64.3 Å². The number of hydrogen-bond donors (Lipinski definition) is 1. The first-order valence-electron chi connectivity index (χ1n) is 9.93. The van der Waals surface area contributed by atoms with Gasteiger partial charge in [-0.3, -0.25) is 0 Å². The van der Waals surface area contributed by atoms with Gasteiger partial charge in [-0.25, -0.2) is 4.99 Å². The van der Waals surface area contributed by atoms with Gasteiger partial charge in [0, 0.05) is 44.4 Å². The van der Waals surface area contributed by atoms with E-state index in [1.165, 1.54) is 25.7 Å². The van der Waals surface area contributed by atoms with Crippen LogP contribution in [0.4, 0.5) is 0 Å². The van der Waals surface area contributed by atoms with Gasteiger partial charge in [0.1, 0.15) is 12.4 Å². The number of nitrogens with zero attached hydrogens (tertiary/aromatic N) is 5. The number of aliphatic imine (C=N–C) groups is 1. The van der Waals surface area contributed by atoms with Crippen LogP contribution in [0.2, 0.25) is 0 Å². The molecule has 26 heavy (non-hydrogen) atoms. The highest BCUT2D eigenvalue weighted by molar-refractivity contribution is 14.0. The summed E-state index contributed by atoms with van der Waals surface area (Å²) in [4.78, 5) is 7.36. The minimum atomic E-state index is 0. The summed E-state index contributed by atoms with van der Waals surface area (Å²) < 4.78 is 8.37. The zero-order valence-corrected chi connectivity index (χ0v) is 17.8. The molecule has 0 amide bonds. The molecule has 4 atom stereocenters. The maximum Gasteiger partial charge on any atom is 0.194 e. The molecule has 4 unspecified atom stereocenters. The van der Waals surface area contributed by atoms with Gasteiger partial charge in [0.2, 0.25) is 0 Å². The second-order valence-electron chi connectivity index (χ2n) is 7.83. The zero-order chi connectivity index (χ0) is 16.8. The van der Waals surface area contributed by atoms with Crippen molar-refractivity contribution in [2.75, 3.05) is 19.6 Å². The Morgan fingerprint density at radius 1 is 1.19 bits per heavy atom. The number of ether oxygens (including phenoxy) is 1. The minimum absolute atomic E-state index is 0. The second-order valence-corrected chi connectivity index (χ2v) is 7.83. The SMILES string of the molecule is CCNC(=NCc1nnc2n1CCCC2)N1CC2C3CCC(O3)C2C1.I. The molecule has 1 N–H and O–H groups in total. The highest BCUT2D eigenvalue weighted by atomic mass is 127. The maximum atomic E-state index is 6.10. The van der Waals surface area contributed by atoms with Crippen LogP contribution in [-0.4, -0.2) is 57.5 Å². The molecule has 1 aromatic heterocycles. The molecule has 144 valence electrons. The lowest BCUT2D eigenvalue weighted by Crippen LogP contribution is -2.41. The normalized spacial score (nSPS) is 32.3. The Kier molecular flexibility index (Phi) is 5.41. The molecule has 0 aromatic carbocycles. The predicted molar refractivity (Wildman–Crippen MR) is 110 cm³/mol. The first kappa shape index (κ1) is 18.5. The Bertz CT molecular complexity index is 659. The summed E-state index contributed by atoms with van der Waals surface area (Å²) in [6.07, 6.45) is 6.98. The first-order valence-corrected chi connectivity index (χ1v) is 9.93. The lowest BCUT2D eigenvalue weighted by atomic mass is 9.82. The van der Waals surface area contributed by atoms with Gasteiger partial charge in [-0.2, -0.15) is 0 Å². The summed E-state index contributed by atoms with van der Waals surface area (Å²) in [5.74, 6) is 4.56. The van der Waals surface area contributed by atoms with Crippen molar-refractivity contribution in [3.63, 3.8) is 0 Å². The van der Waals surface area contributed by atoms with Crippen molar-refractivity contribution in [1.29, 1.82) is 0 Å². The van der Waals surface area contributed by atoms with Crippen LogP contribution < -0.4 is 5.32 Å². The molecule has 1 aromatic rings. The number of halogens is 1. The van der Waals surface area contributed by atoms with Crippen LogP contribution in [0.5, 0.6) is 0 Å². The summed E-state index contributed by atoms with van der Waals surface area (Å²) in [6.45, 7) is 6.85. The standard InChI is InChI=1S/C18H28N6O.HI/c1-2-19-18(20-9-17-22-21-16-5-3-4-8-24(16)17)23-10-12-13(11-23)15-7-6-14(12)25-15;/h12-15H,2-11H2,1H3,(H,19,20);1H. The van der Waals surface area contributed by atoms with Gasteiger partial charge >= 0.3 is 0 Å². The van der Waals surface area contributed by atoms with E-state index in [0.717, 1.165) is 50.2 Å². The molecule has 4 aliphatic heterocycles. The van der Waals surface area contributed by atoms with Crippen LogP contribution in [0.15, 0.2) is 4.99 Å². The van der Waals surface area contributed by atoms with E-state index in [1.807, 2.05) is 0 Å². The first-order chi connectivity index (χ1) is 12.3. The van der Waals surface area contributed by atoms with Gasteiger partial charge in [0.25, 0.3) is 0 Å². The van der Waals surface area contributed by atoms with Gasteiger partial charge in [-0.05, 0) is 32.6 Å². The van der Waals surface area contributed by atoms with E-state index in [-0.39, 0.29) is 24.0 Å². The van der Waals surface area contributed by atoms with E-state index in [9.17, 15) is 0 Å². The third-order valence-corrected chi connectivity index (χ3v) is 6.39. The number of aryl methyl sites for hydroxylation is 1. The fraction of sp³-hybridized carbons (Fsp3) is 0.833. The number of likely N-dealkylation sites (tertiary alicyclic amines) is 1. The number of rotatable bonds is 3. The van der Waals surface area contributed by atoms with Crippen molar-refractivity contribution in [3.05, 3.63) is 11.6 Å². The predicted octanol–water partition coefficient (Wildman–Crippen LogP) is 1.81. The molecule has 3 fully saturated rings. The Morgan fingerprint density at radius 2 is 1.96 bits per heavy atom. The number of fused-ring (bicyclic) bond motifs is 6. The molecule has 5 rings (SSSR count). The third kappa shape index (κ3) is 3.12. The fourth-order valence-corrected chi connectivity index (χ4v) is 5.19. The van der Waals surface area contributed by atoms with E-state index in [2.05, 4.69) is 31.9 Å². The van der Waals surface area contributed by atoms with Gasteiger partial charge in [0.05, 0.1) is 12.2 Å². The van der Waals surface area contributed by atoms with Gasteiger partial charge in [0.15, 0.2) is 11.8 Å². The van der Waals surface area contributed by atoms with Crippen molar-refractivity contribution >= 4 is 29.9 Å². The average molecular weight is 472 g/mol. The largest absolute Gasteiger partial charge is 0.374 e. The van der Waals surface area contributed by atoms with Crippen LogP contribution >= 0.6 is 24.0 Å². The maximum absolute atomic E-state index is 6.10. The quantitative estimate of drug-likeness (QED) is 0.413. The van der Waals surface area contributed by atoms with Gasteiger partial charge in [-0.15, -0.1) is 34.2 Å². The van der Waals surface area contributed by atoms with E-state index in [0.29, 0.717) is 30.6 Å². The number of nitrogens with one attached hydrogen (secondary N) is 1. The highest BCUT2D eigenvalue weighted by Crippen LogP contribution is 2.47. The summed E-state index contributed by atoms with van der Waals surface area (Å²) in [5.41, 5.74) is 0. The Labute approximate surface area is 172 Å². The molecule has 4 aliphatic rings. The zero-order valence-electron chi connectivity index (χ0n) is 15.4. The number of aromatic nitrogens is 3.